The molecule has 23 heavy (non-hydrogen) atoms. The molecule has 3 rings (SSSR count). The molecule has 1 N–H and O–H groups in total. The summed E-state index contributed by atoms with van der Waals surface area (Å²) in [7, 11) is 0. The van der Waals surface area contributed by atoms with Crippen molar-refractivity contribution in [3.05, 3.63) is 49.5 Å². The highest BCUT2D eigenvalue weighted by Gasteiger charge is 2.12. The molecule has 0 radical (unpaired) electrons. The van der Waals surface area contributed by atoms with Gasteiger partial charge in [-0.15, -0.1) is 10.2 Å². The van der Waals surface area contributed by atoms with Gasteiger partial charge in [-0.2, -0.15) is 11.3 Å². The summed E-state index contributed by atoms with van der Waals surface area (Å²) in [6.07, 6.45) is 0.624. The average Bonchev–Trinajstić information content (AvgIpc) is 3.18. The van der Waals surface area contributed by atoms with Crippen molar-refractivity contribution in [1.82, 2.24) is 10.2 Å². The van der Waals surface area contributed by atoms with Gasteiger partial charge in [0, 0.05) is 27.4 Å². The van der Waals surface area contributed by atoms with Gasteiger partial charge >= 0.3 is 0 Å². The van der Waals surface area contributed by atoms with E-state index in [1.807, 2.05) is 22.9 Å². The number of hydrogen-bond donors (Lipinski definition) is 1. The van der Waals surface area contributed by atoms with Gasteiger partial charge in [0.15, 0.2) is 0 Å². The van der Waals surface area contributed by atoms with E-state index in [2.05, 4.69) is 38.1 Å². The summed E-state index contributed by atoms with van der Waals surface area (Å²) >= 11 is 9.82. The third-order valence-corrected chi connectivity index (χ3v) is 4.67. The first kappa shape index (κ1) is 16.4. The van der Waals surface area contributed by atoms with Crippen LogP contribution in [0.3, 0.4) is 0 Å². The van der Waals surface area contributed by atoms with E-state index in [1.54, 1.807) is 23.5 Å². The second kappa shape index (κ2) is 7.41. The van der Waals surface area contributed by atoms with Gasteiger partial charge in [0.1, 0.15) is 0 Å². The quantitative estimate of drug-likeness (QED) is 0.565. The molecule has 0 spiro atoms. The number of thiophene rings is 1. The van der Waals surface area contributed by atoms with E-state index in [0.717, 1.165) is 9.13 Å². The first-order chi connectivity index (χ1) is 11.1. The van der Waals surface area contributed by atoms with Gasteiger partial charge in [-0.3, -0.25) is 4.79 Å². The van der Waals surface area contributed by atoms with Crippen molar-refractivity contribution in [3.8, 4) is 11.5 Å². The minimum Gasteiger partial charge on any atom is -0.421 e. The van der Waals surface area contributed by atoms with E-state index in [-0.39, 0.29) is 12.3 Å². The molecule has 0 unspecified atom stereocenters. The largest absolute Gasteiger partial charge is 0.421 e. The molecule has 2 aromatic heterocycles. The number of halogens is 2. The molecule has 0 aliphatic rings. The van der Waals surface area contributed by atoms with Crippen LogP contribution >= 0.6 is 45.5 Å². The fraction of sp³-hybridized carbons (Fsp3) is 0.133. The Hall–Kier alpha value is -1.45. The number of benzene rings is 1. The zero-order valence-electron chi connectivity index (χ0n) is 11.8. The van der Waals surface area contributed by atoms with Crippen molar-refractivity contribution in [2.24, 2.45) is 0 Å². The number of nitrogens with zero attached hydrogens (tertiary/aromatic N) is 2. The summed E-state index contributed by atoms with van der Waals surface area (Å²) in [4.78, 5) is 12.0. The highest BCUT2D eigenvalue weighted by molar-refractivity contribution is 14.1. The van der Waals surface area contributed by atoms with E-state index in [1.165, 1.54) is 0 Å². The molecule has 0 saturated carbocycles. The number of anilines is 1. The van der Waals surface area contributed by atoms with Gasteiger partial charge in [0.05, 0.1) is 10.7 Å². The average molecular weight is 460 g/mol. The van der Waals surface area contributed by atoms with Gasteiger partial charge in [0.25, 0.3) is 0 Å². The van der Waals surface area contributed by atoms with Gasteiger partial charge in [-0.1, -0.05) is 11.6 Å². The number of hydrogen-bond acceptors (Lipinski definition) is 5. The lowest BCUT2D eigenvalue weighted by atomic mass is 10.2. The molecule has 1 aromatic carbocycles. The molecule has 0 atom stereocenters. The lowest BCUT2D eigenvalue weighted by molar-refractivity contribution is -0.116. The monoisotopic (exact) mass is 459 g/mol. The third kappa shape index (κ3) is 4.30. The normalized spacial score (nSPS) is 10.7. The van der Waals surface area contributed by atoms with E-state index in [9.17, 15) is 4.79 Å². The van der Waals surface area contributed by atoms with Gasteiger partial charge < -0.3 is 9.73 Å². The molecule has 0 saturated heterocycles. The number of amides is 1. The summed E-state index contributed by atoms with van der Waals surface area (Å²) in [6.45, 7) is 0. The minimum absolute atomic E-state index is 0.150. The summed E-state index contributed by atoms with van der Waals surface area (Å²) in [5.74, 6) is 0.765. The molecule has 8 heteroatoms. The van der Waals surface area contributed by atoms with Crippen LogP contribution < -0.4 is 5.32 Å². The number of nitrogens with one attached hydrogen (secondary N) is 1. The zero-order valence-corrected chi connectivity index (χ0v) is 15.5. The summed E-state index contributed by atoms with van der Waals surface area (Å²) in [5.41, 5.74) is 1.49. The third-order valence-electron chi connectivity index (χ3n) is 3.01. The van der Waals surface area contributed by atoms with Crippen LogP contribution in [0.4, 0.5) is 5.69 Å². The van der Waals surface area contributed by atoms with Crippen molar-refractivity contribution in [3.63, 3.8) is 0 Å². The van der Waals surface area contributed by atoms with Crippen molar-refractivity contribution in [2.45, 2.75) is 12.8 Å². The van der Waals surface area contributed by atoms with Crippen LogP contribution in [0.5, 0.6) is 0 Å². The fourth-order valence-electron chi connectivity index (χ4n) is 1.88. The second-order valence-corrected chi connectivity index (χ2v) is 7.12. The number of aryl methyl sites for hydroxylation is 1. The molecule has 0 fully saturated rings. The van der Waals surface area contributed by atoms with Gasteiger partial charge in [-0.25, -0.2) is 0 Å². The molecule has 0 aliphatic carbocycles. The van der Waals surface area contributed by atoms with E-state index < -0.39 is 0 Å². The Kier molecular flexibility index (Phi) is 5.29. The molecular formula is C15H11ClIN3O2S. The van der Waals surface area contributed by atoms with Crippen LogP contribution in [-0.2, 0) is 11.2 Å². The Labute approximate surface area is 155 Å². The molecule has 0 bridgehead atoms. The Morgan fingerprint density at radius 3 is 2.96 bits per heavy atom. The van der Waals surface area contributed by atoms with Gasteiger partial charge in [0.2, 0.25) is 17.7 Å². The lowest BCUT2D eigenvalue weighted by Crippen LogP contribution is -2.12. The lowest BCUT2D eigenvalue weighted by Gasteiger charge is -2.06. The van der Waals surface area contributed by atoms with Crippen LogP contribution in [0.1, 0.15) is 12.3 Å². The number of carbonyl (C=O) groups is 1. The second-order valence-electron chi connectivity index (χ2n) is 4.69. The molecule has 2 heterocycles. The Bertz CT molecular complexity index is 820. The summed E-state index contributed by atoms with van der Waals surface area (Å²) in [6, 6.07) is 7.37. The number of carbonyl (C=O) groups excluding carboxylic acids is 1. The van der Waals surface area contributed by atoms with E-state index >= 15 is 0 Å². The molecular weight excluding hydrogens is 449 g/mol. The number of aromatic nitrogens is 2. The first-order valence-corrected chi connectivity index (χ1v) is 9.11. The van der Waals surface area contributed by atoms with E-state index in [4.69, 9.17) is 16.0 Å². The highest BCUT2D eigenvalue weighted by atomic mass is 127. The highest BCUT2D eigenvalue weighted by Crippen LogP contribution is 2.24. The Morgan fingerprint density at radius 1 is 1.35 bits per heavy atom. The fourth-order valence-corrected chi connectivity index (χ4v) is 3.41. The standard InChI is InChI=1S/C15H11ClIN3O2S/c16-11-7-10(17)1-2-12(11)18-13(21)3-4-14-19-20-15(22-14)9-5-6-23-8-9/h1-2,5-8H,3-4H2,(H,18,21). The molecule has 0 aliphatic heterocycles. The van der Waals surface area contributed by atoms with Gasteiger partial charge in [-0.05, 0) is 52.2 Å². The predicted molar refractivity (Wildman–Crippen MR) is 98.7 cm³/mol. The zero-order chi connectivity index (χ0) is 16.2. The SMILES string of the molecule is O=C(CCc1nnc(-c2ccsc2)o1)Nc1ccc(I)cc1Cl. The minimum atomic E-state index is -0.150. The van der Waals surface area contributed by atoms with Crippen molar-refractivity contribution in [2.75, 3.05) is 5.32 Å². The van der Waals surface area contributed by atoms with E-state index in [0.29, 0.717) is 28.9 Å². The van der Waals surface area contributed by atoms with Crippen molar-refractivity contribution in [1.29, 1.82) is 0 Å². The molecule has 118 valence electrons. The maximum atomic E-state index is 12.0. The van der Waals surface area contributed by atoms with Crippen LogP contribution in [0.2, 0.25) is 5.02 Å². The summed E-state index contributed by atoms with van der Waals surface area (Å²) < 4.78 is 6.56. The van der Waals surface area contributed by atoms with Crippen molar-refractivity contribution >= 4 is 57.1 Å². The molecule has 5 nitrogen and oxygen atoms in total. The molecule has 3 aromatic rings. The smallest absolute Gasteiger partial charge is 0.248 e. The Morgan fingerprint density at radius 2 is 2.22 bits per heavy atom. The number of rotatable bonds is 5. The first-order valence-electron chi connectivity index (χ1n) is 6.71. The maximum absolute atomic E-state index is 12.0. The Balaban J connectivity index is 1.57. The van der Waals surface area contributed by atoms with Crippen molar-refractivity contribution < 1.29 is 9.21 Å². The van der Waals surface area contributed by atoms with Crippen LogP contribution in [-0.4, -0.2) is 16.1 Å². The summed E-state index contributed by atoms with van der Waals surface area (Å²) in [5, 5.41) is 15.1. The van der Waals surface area contributed by atoms with Crippen LogP contribution in [0, 0.1) is 3.57 Å². The predicted octanol–water partition coefficient (Wildman–Crippen LogP) is 4.63. The van der Waals surface area contributed by atoms with Crippen LogP contribution in [0.15, 0.2) is 39.4 Å². The topological polar surface area (TPSA) is 68.0 Å². The van der Waals surface area contributed by atoms with Crippen LogP contribution in [0.25, 0.3) is 11.5 Å². The molecule has 1 amide bonds. The maximum Gasteiger partial charge on any atom is 0.248 e.